The summed E-state index contributed by atoms with van der Waals surface area (Å²) in [5.41, 5.74) is 2.72. The van der Waals surface area contributed by atoms with Gasteiger partial charge in [-0.2, -0.15) is 0 Å². The predicted molar refractivity (Wildman–Crippen MR) is 80.7 cm³/mol. The first kappa shape index (κ1) is 13.4. The van der Waals surface area contributed by atoms with Crippen LogP contribution in [0.4, 0.5) is 0 Å². The van der Waals surface area contributed by atoms with Gasteiger partial charge in [0.2, 0.25) is 0 Å². The van der Waals surface area contributed by atoms with Crippen LogP contribution in [0.2, 0.25) is 5.02 Å². The molecule has 1 aliphatic carbocycles. The van der Waals surface area contributed by atoms with Gasteiger partial charge in [0.05, 0.1) is 0 Å². The molecule has 2 nitrogen and oxygen atoms in total. The molecule has 2 aliphatic rings. The molecule has 0 unspecified atom stereocenters. The molecule has 0 spiro atoms. The van der Waals surface area contributed by atoms with E-state index in [2.05, 4.69) is 29.3 Å². The molecule has 1 aliphatic heterocycles. The third-order valence-electron chi connectivity index (χ3n) is 4.45. The van der Waals surface area contributed by atoms with Gasteiger partial charge in [-0.3, -0.25) is 4.90 Å². The number of halogens is 1. The van der Waals surface area contributed by atoms with Crippen molar-refractivity contribution in [2.45, 2.75) is 32.2 Å². The highest BCUT2D eigenvalue weighted by Gasteiger charge is 2.32. The van der Waals surface area contributed by atoms with Crippen LogP contribution >= 0.6 is 11.6 Å². The Bertz CT molecular complexity index is 416. The fraction of sp³-hybridized carbons (Fsp3) is 0.625. The molecule has 0 bridgehead atoms. The van der Waals surface area contributed by atoms with Crippen LogP contribution in [0.5, 0.6) is 0 Å². The van der Waals surface area contributed by atoms with Gasteiger partial charge in [-0.15, -0.1) is 0 Å². The molecule has 1 saturated carbocycles. The van der Waals surface area contributed by atoms with Gasteiger partial charge in [0, 0.05) is 37.2 Å². The number of aryl methyl sites for hydroxylation is 1. The maximum atomic E-state index is 6.51. The maximum Gasteiger partial charge on any atom is 0.0456 e. The molecule has 2 fully saturated rings. The SMILES string of the molecule is Cc1cccc(Cl)c1[C@H](CC1CC1)N1CCNCC1. The molecule has 1 aromatic rings. The molecule has 1 aromatic carbocycles. The second-order valence-electron chi connectivity index (χ2n) is 5.95. The van der Waals surface area contributed by atoms with Crippen molar-refractivity contribution in [3.05, 3.63) is 34.3 Å². The fourth-order valence-corrected chi connectivity index (χ4v) is 3.53. The average molecular weight is 279 g/mol. The second-order valence-corrected chi connectivity index (χ2v) is 6.36. The zero-order valence-corrected chi connectivity index (χ0v) is 12.4. The zero-order chi connectivity index (χ0) is 13.2. The van der Waals surface area contributed by atoms with Crippen LogP contribution in [0.15, 0.2) is 18.2 Å². The van der Waals surface area contributed by atoms with E-state index in [0.29, 0.717) is 6.04 Å². The summed E-state index contributed by atoms with van der Waals surface area (Å²) in [7, 11) is 0. The summed E-state index contributed by atoms with van der Waals surface area (Å²) in [6.45, 7) is 6.68. The van der Waals surface area contributed by atoms with E-state index in [0.717, 1.165) is 37.1 Å². The number of hydrogen-bond donors (Lipinski definition) is 1. The molecule has 0 amide bonds. The molecular weight excluding hydrogens is 256 g/mol. The van der Waals surface area contributed by atoms with Crippen molar-refractivity contribution in [2.24, 2.45) is 5.92 Å². The van der Waals surface area contributed by atoms with Crippen LogP contribution in [0.1, 0.15) is 36.4 Å². The molecule has 3 heteroatoms. The first-order chi connectivity index (χ1) is 9.25. The summed E-state index contributed by atoms with van der Waals surface area (Å²) in [5, 5.41) is 4.39. The molecule has 1 saturated heterocycles. The van der Waals surface area contributed by atoms with Gasteiger partial charge < -0.3 is 5.32 Å². The van der Waals surface area contributed by atoms with Crippen LogP contribution < -0.4 is 5.32 Å². The fourth-order valence-electron chi connectivity index (χ4n) is 3.18. The minimum absolute atomic E-state index is 0.517. The Balaban J connectivity index is 1.88. The minimum Gasteiger partial charge on any atom is -0.314 e. The Labute approximate surface area is 121 Å². The van der Waals surface area contributed by atoms with Crippen molar-refractivity contribution in [3.63, 3.8) is 0 Å². The summed E-state index contributed by atoms with van der Waals surface area (Å²) >= 11 is 6.51. The van der Waals surface area contributed by atoms with Gasteiger partial charge in [-0.25, -0.2) is 0 Å². The van der Waals surface area contributed by atoms with Gasteiger partial charge in [0.1, 0.15) is 0 Å². The Morgan fingerprint density at radius 1 is 1.32 bits per heavy atom. The van der Waals surface area contributed by atoms with E-state index in [1.54, 1.807) is 0 Å². The molecule has 1 N–H and O–H groups in total. The van der Waals surface area contributed by atoms with Crippen molar-refractivity contribution < 1.29 is 0 Å². The van der Waals surface area contributed by atoms with Crippen LogP contribution in [0.3, 0.4) is 0 Å². The Morgan fingerprint density at radius 2 is 2.05 bits per heavy atom. The summed E-state index contributed by atoms with van der Waals surface area (Å²) in [6, 6.07) is 6.82. The first-order valence-corrected chi connectivity index (χ1v) is 7.83. The summed E-state index contributed by atoms with van der Waals surface area (Å²) in [5.74, 6) is 0.926. The Morgan fingerprint density at radius 3 is 2.68 bits per heavy atom. The lowest BCUT2D eigenvalue weighted by molar-refractivity contribution is 0.160. The average Bonchev–Trinajstić information content (AvgIpc) is 3.22. The van der Waals surface area contributed by atoms with E-state index < -0.39 is 0 Å². The number of nitrogens with one attached hydrogen (secondary N) is 1. The Hall–Kier alpha value is -0.570. The highest BCUT2D eigenvalue weighted by atomic mass is 35.5. The van der Waals surface area contributed by atoms with Gasteiger partial charge in [0.15, 0.2) is 0 Å². The second kappa shape index (κ2) is 5.82. The van der Waals surface area contributed by atoms with Crippen LogP contribution in [-0.4, -0.2) is 31.1 Å². The van der Waals surface area contributed by atoms with E-state index in [1.165, 1.54) is 30.4 Å². The minimum atomic E-state index is 0.517. The lowest BCUT2D eigenvalue weighted by atomic mass is 9.95. The predicted octanol–water partition coefficient (Wildman–Crippen LogP) is 3.39. The van der Waals surface area contributed by atoms with Gasteiger partial charge in [0.25, 0.3) is 0 Å². The lowest BCUT2D eigenvalue weighted by Gasteiger charge is -2.36. The van der Waals surface area contributed by atoms with E-state index in [9.17, 15) is 0 Å². The van der Waals surface area contributed by atoms with E-state index >= 15 is 0 Å². The van der Waals surface area contributed by atoms with Crippen molar-refractivity contribution in [1.29, 1.82) is 0 Å². The van der Waals surface area contributed by atoms with Crippen LogP contribution in [-0.2, 0) is 0 Å². The molecular formula is C16H23ClN2. The van der Waals surface area contributed by atoms with Gasteiger partial charge in [-0.1, -0.05) is 36.6 Å². The van der Waals surface area contributed by atoms with Gasteiger partial charge in [-0.05, 0) is 36.5 Å². The number of hydrogen-bond acceptors (Lipinski definition) is 2. The number of nitrogens with zero attached hydrogens (tertiary/aromatic N) is 1. The number of rotatable bonds is 4. The number of piperazine rings is 1. The van der Waals surface area contributed by atoms with Crippen molar-refractivity contribution >= 4 is 11.6 Å². The normalized spacial score (nSPS) is 22.4. The topological polar surface area (TPSA) is 15.3 Å². The van der Waals surface area contributed by atoms with E-state index in [4.69, 9.17) is 11.6 Å². The van der Waals surface area contributed by atoms with Crippen molar-refractivity contribution in [2.75, 3.05) is 26.2 Å². The van der Waals surface area contributed by atoms with Gasteiger partial charge >= 0.3 is 0 Å². The van der Waals surface area contributed by atoms with E-state index in [1.807, 2.05) is 6.07 Å². The summed E-state index contributed by atoms with van der Waals surface area (Å²) in [6.07, 6.45) is 4.10. The van der Waals surface area contributed by atoms with Crippen molar-refractivity contribution in [1.82, 2.24) is 10.2 Å². The smallest absolute Gasteiger partial charge is 0.0456 e. The molecule has 3 rings (SSSR count). The highest BCUT2D eigenvalue weighted by Crippen LogP contribution is 2.42. The quantitative estimate of drug-likeness (QED) is 0.908. The largest absolute Gasteiger partial charge is 0.314 e. The highest BCUT2D eigenvalue weighted by molar-refractivity contribution is 6.31. The third kappa shape index (κ3) is 3.13. The Kier molecular flexibility index (Phi) is 4.11. The third-order valence-corrected chi connectivity index (χ3v) is 4.78. The molecule has 1 atom stereocenters. The van der Waals surface area contributed by atoms with E-state index in [-0.39, 0.29) is 0 Å². The molecule has 104 valence electrons. The molecule has 1 heterocycles. The molecule has 0 radical (unpaired) electrons. The summed E-state index contributed by atoms with van der Waals surface area (Å²) < 4.78 is 0. The monoisotopic (exact) mass is 278 g/mol. The first-order valence-electron chi connectivity index (χ1n) is 7.45. The summed E-state index contributed by atoms with van der Waals surface area (Å²) in [4.78, 5) is 2.63. The molecule has 19 heavy (non-hydrogen) atoms. The molecule has 0 aromatic heterocycles. The van der Waals surface area contributed by atoms with Crippen LogP contribution in [0.25, 0.3) is 0 Å². The number of benzene rings is 1. The van der Waals surface area contributed by atoms with Crippen molar-refractivity contribution in [3.8, 4) is 0 Å². The standard InChI is InChI=1S/C16H23ClN2/c1-12-3-2-4-14(17)16(12)15(11-13-5-6-13)19-9-7-18-8-10-19/h2-4,13,15,18H,5-11H2,1H3/t15-/m0/s1. The zero-order valence-electron chi connectivity index (χ0n) is 11.7. The maximum absolute atomic E-state index is 6.51. The van der Waals surface area contributed by atoms with Crippen LogP contribution in [0, 0.1) is 12.8 Å². The lowest BCUT2D eigenvalue weighted by Crippen LogP contribution is -2.45.